The van der Waals surface area contributed by atoms with Crippen LogP contribution in [0.4, 0.5) is 5.82 Å². The molecular weight excluding hydrogens is 242 g/mol. The van der Waals surface area contributed by atoms with E-state index in [9.17, 15) is 0 Å². The van der Waals surface area contributed by atoms with Gasteiger partial charge in [-0.05, 0) is 19.4 Å². The minimum Gasteiger partial charge on any atom is -0.355 e. The van der Waals surface area contributed by atoms with Gasteiger partial charge in [-0.25, -0.2) is 4.98 Å². The minimum atomic E-state index is 0.0395. The van der Waals surface area contributed by atoms with Gasteiger partial charge in [0, 0.05) is 41.4 Å². The summed E-state index contributed by atoms with van der Waals surface area (Å²) in [6, 6.07) is 4.10. The van der Waals surface area contributed by atoms with E-state index in [1.54, 1.807) is 0 Å². The van der Waals surface area contributed by atoms with E-state index in [-0.39, 0.29) is 6.04 Å². The second kappa shape index (κ2) is 5.49. The average Bonchev–Trinajstić information content (AvgIpc) is 2.50. The highest BCUT2D eigenvalue weighted by atomic mass is 32.2. The smallest absolute Gasteiger partial charge is 0.133 e. The summed E-state index contributed by atoms with van der Waals surface area (Å²) < 4.78 is 0.373. The number of thioether (sulfide) groups is 1. The van der Waals surface area contributed by atoms with Crippen LogP contribution in [0, 0.1) is 0 Å². The van der Waals surface area contributed by atoms with Crippen molar-refractivity contribution in [2.75, 3.05) is 23.7 Å². The van der Waals surface area contributed by atoms with Crippen molar-refractivity contribution in [3.63, 3.8) is 0 Å². The predicted molar refractivity (Wildman–Crippen MR) is 80.2 cm³/mol. The van der Waals surface area contributed by atoms with E-state index in [4.69, 9.17) is 5.73 Å². The van der Waals surface area contributed by atoms with Crippen molar-refractivity contribution < 1.29 is 0 Å². The molecule has 4 heteroatoms. The van der Waals surface area contributed by atoms with Gasteiger partial charge in [-0.15, -0.1) is 0 Å². The largest absolute Gasteiger partial charge is 0.355 e. The van der Waals surface area contributed by atoms with E-state index < -0.39 is 0 Å². The molecule has 1 aromatic heterocycles. The van der Waals surface area contributed by atoms with Crippen LogP contribution in [-0.4, -0.2) is 28.6 Å². The highest BCUT2D eigenvalue weighted by Crippen LogP contribution is 2.33. The van der Waals surface area contributed by atoms with E-state index in [1.807, 2.05) is 19.2 Å². The highest BCUT2D eigenvalue weighted by molar-refractivity contribution is 8.00. The molecule has 0 bridgehead atoms. The van der Waals surface area contributed by atoms with Gasteiger partial charge in [0.05, 0.1) is 0 Å². The van der Waals surface area contributed by atoms with Gasteiger partial charge >= 0.3 is 0 Å². The maximum Gasteiger partial charge on any atom is 0.133 e. The predicted octanol–water partition coefficient (Wildman–Crippen LogP) is 2.82. The number of nitrogens with zero attached hydrogens (tertiary/aromatic N) is 2. The van der Waals surface area contributed by atoms with Crippen molar-refractivity contribution in [1.29, 1.82) is 0 Å². The average molecular weight is 265 g/mol. The first kappa shape index (κ1) is 13.7. The Labute approximate surface area is 114 Å². The Hall–Kier alpha value is -0.740. The van der Waals surface area contributed by atoms with Gasteiger partial charge < -0.3 is 10.6 Å². The third kappa shape index (κ3) is 3.18. The van der Waals surface area contributed by atoms with E-state index in [2.05, 4.69) is 41.6 Å². The van der Waals surface area contributed by atoms with Crippen LogP contribution in [0.5, 0.6) is 0 Å². The van der Waals surface area contributed by atoms with E-state index in [0.29, 0.717) is 4.75 Å². The molecule has 1 fully saturated rings. The van der Waals surface area contributed by atoms with Gasteiger partial charge in [0.2, 0.25) is 0 Å². The summed E-state index contributed by atoms with van der Waals surface area (Å²) in [4.78, 5) is 6.94. The van der Waals surface area contributed by atoms with Crippen molar-refractivity contribution in [2.45, 2.75) is 38.0 Å². The first-order valence-electron chi connectivity index (χ1n) is 6.59. The zero-order chi connectivity index (χ0) is 13.2. The van der Waals surface area contributed by atoms with Crippen LogP contribution < -0.4 is 10.6 Å². The maximum atomic E-state index is 6.04. The molecule has 100 valence electrons. The summed E-state index contributed by atoms with van der Waals surface area (Å²) in [5.41, 5.74) is 7.20. The van der Waals surface area contributed by atoms with E-state index in [1.165, 1.54) is 6.42 Å². The van der Waals surface area contributed by atoms with E-state index in [0.717, 1.165) is 30.2 Å². The quantitative estimate of drug-likeness (QED) is 0.893. The van der Waals surface area contributed by atoms with Crippen molar-refractivity contribution in [3.8, 4) is 0 Å². The molecule has 18 heavy (non-hydrogen) atoms. The topological polar surface area (TPSA) is 42.1 Å². The van der Waals surface area contributed by atoms with Gasteiger partial charge in [0.25, 0.3) is 0 Å². The standard InChI is InChI=1S/C14H23N3S/c1-11(15)12-5-4-7-16-13(12)17-8-6-14(2,3)18-10-9-17/h4-5,7,11H,6,8-10,15H2,1-3H3. The van der Waals surface area contributed by atoms with Crippen LogP contribution in [0.15, 0.2) is 18.3 Å². The van der Waals surface area contributed by atoms with Gasteiger partial charge in [0.15, 0.2) is 0 Å². The lowest BCUT2D eigenvalue weighted by Gasteiger charge is -2.26. The van der Waals surface area contributed by atoms with Gasteiger partial charge in [0.1, 0.15) is 5.82 Å². The Morgan fingerprint density at radius 3 is 2.94 bits per heavy atom. The Bertz CT molecular complexity index is 404. The summed E-state index contributed by atoms with van der Waals surface area (Å²) in [7, 11) is 0. The minimum absolute atomic E-state index is 0.0395. The molecule has 2 heterocycles. The summed E-state index contributed by atoms with van der Waals surface area (Å²) >= 11 is 2.05. The van der Waals surface area contributed by atoms with E-state index >= 15 is 0 Å². The second-order valence-electron chi connectivity index (χ2n) is 5.55. The number of hydrogen-bond acceptors (Lipinski definition) is 4. The summed E-state index contributed by atoms with van der Waals surface area (Å²) in [6.07, 6.45) is 3.05. The molecule has 0 saturated carbocycles. The molecule has 1 aliphatic rings. The molecule has 2 rings (SSSR count). The lowest BCUT2D eigenvalue weighted by Crippen LogP contribution is -2.29. The van der Waals surface area contributed by atoms with Crippen LogP contribution >= 0.6 is 11.8 Å². The molecule has 1 aromatic rings. The molecule has 0 aromatic carbocycles. The first-order chi connectivity index (χ1) is 8.49. The number of nitrogens with two attached hydrogens (primary N) is 1. The Morgan fingerprint density at radius 2 is 2.22 bits per heavy atom. The lowest BCUT2D eigenvalue weighted by molar-refractivity contribution is 0.632. The maximum absolute atomic E-state index is 6.04. The van der Waals surface area contributed by atoms with Crippen LogP contribution in [0.2, 0.25) is 0 Å². The third-order valence-electron chi connectivity index (χ3n) is 3.44. The molecule has 0 aliphatic carbocycles. The summed E-state index contributed by atoms with van der Waals surface area (Å²) in [6.45, 7) is 8.80. The van der Waals surface area contributed by atoms with Crippen LogP contribution in [-0.2, 0) is 0 Å². The number of pyridine rings is 1. The van der Waals surface area contributed by atoms with Gasteiger partial charge in [-0.3, -0.25) is 0 Å². The normalized spacial score (nSPS) is 21.4. The number of hydrogen-bond donors (Lipinski definition) is 1. The first-order valence-corrected chi connectivity index (χ1v) is 7.57. The summed E-state index contributed by atoms with van der Waals surface area (Å²) in [5.74, 6) is 2.23. The van der Waals surface area contributed by atoms with Crippen LogP contribution in [0.25, 0.3) is 0 Å². The Balaban J connectivity index is 2.21. The lowest BCUT2D eigenvalue weighted by atomic mass is 10.1. The van der Waals surface area contributed by atoms with Crippen molar-refractivity contribution >= 4 is 17.6 Å². The summed E-state index contributed by atoms with van der Waals surface area (Å²) in [5, 5.41) is 0. The zero-order valence-electron chi connectivity index (χ0n) is 11.5. The molecule has 0 radical (unpaired) electrons. The van der Waals surface area contributed by atoms with Gasteiger partial charge in [-0.2, -0.15) is 11.8 Å². The van der Waals surface area contributed by atoms with Crippen molar-refractivity contribution in [3.05, 3.63) is 23.9 Å². The highest BCUT2D eigenvalue weighted by Gasteiger charge is 2.25. The molecule has 1 atom stereocenters. The van der Waals surface area contributed by atoms with Crippen molar-refractivity contribution in [1.82, 2.24) is 4.98 Å². The third-order valence-corrected chi connectivity index (χ3v) is 4.82. The number of rotatable bonds is 2. The molecule has 1 aliphatic heterocycles. The van der Waals surface area contributed by atoms with Gasteiger partial charge in [-0.1, -0.05) is 19.9 Å². The number of anilines is 1. The van der Waals surface area contributed by atoms with Crippen LogP contribution in [0.1, 0.15) is 38.8 Å². The monoisotopic (exact) mass is 265 g/mol. The fourth-order valence-corrected chi connectivity index (χ4v) is 3.36. The molecule has 0 spiro atoms. The van der Waals surface area contributed by atoms with Crippen molar-refractivity contribution in [2.24, 2.45) is 5.73 Å². The molecule has 1 saturated heterocycles. The molecule has 1 unspecified atom stereocenters. The fourth-order valence-electron chi connectivity index (χ4n) is 2.26. The fraction of sp³-hybridized carbons (Fsp3) is 0.643. The molecule has 2 N–H and O–H groups in total. The molecular formula is C14H23N3S. The molecule has 0 amide bonds. The Kier molecular flexibility index (Phi) is 4.17. The molecule has 3 nitrogen and oxygen atoms in total. The SMILES string of the molecule is CC(N)c1cccnc1N1CCSC(C)(C)CC1. The zero-order valence-corrected chi connectivity index (χ0v) is 12.3. The van der Waals surface area contributed by atoms with Crippen LogP contribution in [0.3, 0.4) is 0 Å². The second-order valence-corrected chi connectivity index (χ2v) is 7.35. The Morgan fingerprint density at radius 1 is 1.44 bits per heavy atom. The number of aromatic nitrogens is 1.